The highest BCUT2D eigenvalue weighted by molar-refractivity contribution is 5.77. The molecule has 0 heterocycles. The van der Waals surface area contributed by atoms with E-state index in [-0.39, 0.29) is 0 Å². The van der Waals surface area contributed by atoms with E-state index in [4.69, 9.17) is 4.74 Å². The predicted molar refractivity (Wildman–Crippen MR) is 87.8 cm³/mol. The van der Waals surface area contributed by atoms with Gasteiger partial charge in [-0.1, -0.05) is 30.3 Å². The quantitative estimate of drug-likeness (QED) is 0.885. The first-order valence-electron chi connectivity index (χ1n) is 7.66. The highest BCUT2D eigenvalue weighted by atomic mass is 16.5. The van der Waals surface area contributed by atoms with Gasteiger partial charge in [-0.05, 0) is 55.0 Å². The van der Waals surface area contributed by atoms with E-state index < -0.39 is 0 Å². The molecule has 1 aliphatic carbocycles. The lowest BCUT2D eigenvalue weighted by Crippen LogP contribution is -2.16. The van der Waals surface area contributed by atoms with Gasteiger partial charge in [-0.15, -0.1) is 0 Å². The monoisotopic (exact) mass is 281 g/mol. The summed E-state index contributed by atoms with van der Waals surface area (Å²) < 4.78 is 5.63. The third-order valence-electron chi connectivity index (χ3n) is 4.11. The number of aryl methyl sites for hydroxylation is 2. The number of rotatable bonds is 5. The third kappa shape index (κ3) is 3.11. The van der Waals surface area contributed by atoms with Crippen molar-refractivity contribution < 1.29 is 4.74 Å². The van der Waals surface area contributed by atoms with Crippen LogP contribution >= 0.6 is 0 Å². The zero-order valence-corrected chi connectivity index (χ0v) is 13.1. The molecular weight excluding hydrogens is 258 g/mol. The predicted octanol–water partition coefficient (Wildman–Crippen LogP) is 4.23. The first-order valence-corrected chi connectivity index (χ1v) is 7.66. The number of hydrogen-bond donors (Lipinski definition) is 1. The Hall–Kier alpha value is -1.80. The summed E-state index contributed by atoms with van der Waals surface area (Å²) >= 11 is 0. The fourth-order valence-corrected chi connectivity index (χ4v) is 2.89. The van der Waals surface area contributed by atoms with E-state index in [9.17, 15) is 0 Å². The van der Waals surface area contributed by atoms with E-state index in [1.54, 1.807) is 7.11 Å². The summed E-state index contributed by atoms with van der Waals surface area (Å²) in [5.41, 5.74) is 6.35. The second kappa shape index (κ2) is 5.90. The van der Waals surface area contributed by atoms with Crippen LogP contribution in [0.2, 0.25) is 0 Å². The second-order valence-electron chi connectivity index (χ2n) is 5.97. The maximum atomic E-state index is 5.63. The van der Waals surface area contributed by atoms with Crippen molar-refractivity contribution >= 4 is 0 Å². The van der Waals surface area contributed by atoms with Crippen LogP contribution in [0.1, 0.15) is 29.5 Å². The summed E-state index contributed by atoms with van der Waals surface area (Å²) in [5.74, 6) is 0.964. The van der Waals surface area contributed by atoms with Crippen molar-refractivity contribution in [3.05, 3.63) is 53.1 Å². The Labute approximate surface area is 127 Å². The molecule has 1 saturated carbocycles. The first-order chi connectivity index (χ1) is 10.2. The lowest BCUT2D eigenvalue weighted by Gasteiger charge is -2.17. The lowest BCUT2D eigenvalue weighted by atomic mass is 9.93. The Bertz CT molecular complexity index is 644. The van der Waals surface area contributed by atoms with Gasteiger partial charge in [0.05, 0.1) is 7.11 Å². The molecule has 1 N–H and O–H groups in total. The van der Waals surface area contributed by atoms with Gasteiger partial charge in [0.1, 0.15) is 5.75 Å². The number of ether oxygens (including phenoxy) is 1. The summed E-state index contributed by atoms with van der Waals surface area (Å²) in [6, 6.07) is 13.7. The number of benzene rings is 2. The normalized spacial score (nSPS) is 14.2. The summed E-state index contributed by atoms with van der Waals surface area (Å²) in [7, 11) is 1.75. The standard InChI is InChI=1S/C19H23NO/c1-13-10-14(2)19(18(11-13)21-3)17-7-5-4-6-15(17)12-20-16-8-9-16/h4-7,10-11,16,20H,8-9,12H2,1-3H3. The highest BCUT2D eigenvalue weighted by Gasteiger charge is 2.21. The SMILES string of the molecule is COc1cc(C)cc(C)c1-c1ccccc1CNC1CC1. The molecule has 1 aliphatic rings. The van der Waals surface area contributed by atoms with E-state index in [1.165, 1.54) is 40.7 Å². The average molecular weight is 281 g/mol. The molecule has 0 aromatic heterocycles. The van der Waals surface area contributed by atoms with Crippen molar-refractivity contribution in [1.82, 2.24) is 5.32 Å². The Morgan fingerprint density at radius 2 is 1.90 bits per heavy atom. The lowest BCUT2D eigenvalue weighted by molar-refractivity contribution is 0.416. The average Bonchev–Trinajstić information content (AvgIpc) is 3.29. The fourth-order valence-electron chi connectivity index (χ4n) is 2.89. The van der Waals surface area contributed by atoms with Gasteiger partial charge in [0.25, 0.3) is 0 Å². The molecule has 1 fully saturated rings. The highest BCUT2D eigenvalue weighted by Crippen LogP contribution is 2.36. The molecule has 0 radical (unpaired) electrons. The number of methoxy groups -OCH3 is 1. The van der Waals surface area contributed by atoms with E-state index in [0.717, 1.165) is 18.3 Å². The Kier molecular flexibility index (Phi) is 3.98. The molecule has 0 spiro atoms. The van der Waals surface area contributed by atoms with Gasteiger partial charge in [-0.2, -0.15) is 0 Å². The van der Waals surface area contributed by atoms with Gasteiger partial charge in [0.15, 0.2) is 0 Å². The van der Waals surface area contributed by atoms with Gasteiger partial charge in [-0.3, -0.25) is 0 Å². The Morgan fingerprint density at radius 3 is 2.62 bits per heavy atom. The van der Waals surface area contributed by atoms with E-state index in [0.29, 0.717) is 0 Å². The summed E-state index contributed by atoms with van der Waals surface area (Å²) in [4.78, 5) is 0. The van der Waals surface area contributed by atoms with Crippen LogP contribution in [0.3, 0.4) is 0 Å². The molecule has 0 saturated heterocycles. The molecule has 3 rings (SSSR count). The minimum Gasteiger partial charge on any atom is -0.496 e. The summed E-state index contributed by atoms with van der Waals surface area (Å²) in [6.07, 6.45) is 2.63. The first kappa shape index (κ1) is 14.2. The smallest absolute Gasteiger partial charge is 0.127 e. The molecule has 0 atom stereocenters. The van der Waals surface area contributed by atoms with Crippen molar-refractivity contribution in [1.29, 1.82) is 0 Å². The molecule has 0 unspecified atom stereocenters. The third-order valence-corrected chi connectivity index (χ3v) is 4.11. The van der Waals surface area contributed by atoms with Crippen LogP contribution in [0.25, 0.3) is 11.1 Å². The topological polar surface area (TPSA) is 21.3 Å². The van der Waals surface area contributed by atoms with Crippen molar-refractivity contribution in [3.8, 4) is 16.9 Å². The Morgan fingerprint density at radius 1 is 1.14 bits per heavy atom. The molecule has 2 aromatic rings. The van der Waals surface area contributed by atoms with Crippen LogP contribution in [0.4, 0.5) is 0 Å². The van der Waals surface area contributed by atoms with Crippen LogP contribution in [-0.2, 0) is 6.54 Å². The number of nitrogens with one attached hydrogen (secondary N) is 1. The van der Waals surface area contributed by atoms with E-state index in [2.05, 4.69) is 55.6 Å². The minimum absolute atomic E-state index is 0.721. The summed E-state index contributed by atoms with van der Waals surface area (Å²) in [6.45, 7) is 5.20. The second-order valence-corrected chi connectivity index (χ2v) is 5.97. The van der Waals surface area contributed by atoms with Crippen LogP contribution < -0.4 is 10.1 Å². The van der Waals surface area contributed by atoms with Crippen LogP contribution in [-0.4, -0.2) is 13.2 Å². The number of hydrogen-bond acceptors (Lipinski definition) is 2. The zero-order valence-electron chi connectivity index (χ0n) is 13.1. The largest absolute Gasteiger partial charge is 0.496 e. The molecular formula is C19H23NO. The molecule has 2 aromatic carbocycles. The van der Waals surface area contributed by atoms with Crippen molar-refractivity contribution in [2.24, 2.45) is 0 Å². The van der Waals surface area contributed by atoms with Crippen LogP contribution in [0, 0.1) is 13.8 Å². The van der Waals surface area contributed by atoms with Crippen molar-refractivity contribution in [2.45, 2.75) is 39.3 Å². The zero-order chi connectivity index (χ0) is 14.8. The molecule has 21 heavy (non-hydrogen) atoms. The molecule has 0 aliphatic heterocycles. The van der Waals surface area contributed by atoms with Crippen molar-refractivity contribution in [3.63, 3.8) is 0 Å². The maximum absolute atomic E-state index is 5.63. The van der Waals surface area contributed by atoms with Crippen LogP contribution in [0.15, 0.2) is 36.4 Å². The molecule has 110 valence electrons. The van der Waals surface area contributed by atoms with Gasteiger partial charge < -0.3 is 10.1 Å². The fraction of sp³-hybridized carbons (Fsp3) is 0.368. The summed E-state index contributed by atoms with van der Waals surface area (Å²) in [5, 5.41) is 3.61. The van der Waals surface area contributed by atoms with Gasteiger partial charge in [0, 0.05) is 18.2 Å². The van der Waals surface area contributed by atoms with Gasteiger partial charge >= 0.3 is 0 Å². The minimum atomic E-state index is 0.721. The van der Waals surface area contributed by atoms with Gasteiger partial charge in [-0.25, -0.2) is 0 Å². The Balaban J connectivity index is 2.03. The molecule has 0 amide bonds. The molecule has 2 heteroatoms. The van der Waals surface area contributed by atoms with E-state index >= 15 is 0 Å². The molecule has 2 nitrogen and oxygen atoms in total. The van der Waals surface area contributed by atoms with Gasteiger partial charge in [0.2, 0.25) is 0 Å². The maximum Gasteiger partial charge on any atom is 0.127 e. The molecule has 0 bridgehead atoms. The van der Waals surface area contributed by atoms with Crippen molar-refractivity contribution in [2.75, 3.05) is 7.11 Å². The van der Waals surface area contributed by atoms with Crippen LogP contribution in [0.5, 0.6) is 5.75 Å². The van der Waals surface area contributed by atoms with E-state index in [1.807, 2.05) is 0 Å².